The normalized spacial score (nSPS) is 10.4. The molecule has 2 aromatic rings. The third kappa shape index (κ3) is 2.72. The molecule has 0 fully saturated rings. The van der Waals surface area contributed by atoms with Crippen LogP contribution in [0.4, 0.5) is 4.39 Å². The van der Waals surface area contributed by atoms with Crippen LogP contribution < -0.4 is 4.74 Å². The maximum atomic E-state index is 13.7. The fourth-order valence-electron chi connectivity index (χ4n) is 1.45. The van der Waals surface area contributed by atoms with Gasteiger partial charge in [0.15, 0.2) is 11.6 Å². The number of rotatable bonds is 3. The van der Waals surface area contributed by atoms with Gasteiger partial charge in [0.25, 0.3) is 0 Å². The van der Waals surface area contributed by atoms with Crippen LogP contribution in [0.3, 0.4) is 0 Å². The van der Waals surface area contributed by atoms with Crippen LogP contribution in [0.15, 0.2) is 36.4 Å². The fraction of sp³-hybridized carbons (Fsp3) is 0.0769. The van der Waals surface area contributed by atoms with E-state index in [0.717, 1.165) is 0 Å². The molecule has 0 N–H and O–H groups in total. The Bertz CT molecular complexity index is 572. The predicted octanol–water partition coefficient (Wildman–Crippen LogP) is 5.66. The monoisotopic (exact) mass is 304 g/mol. The molecule has 0 aromatic heterocycles. The molecule has 94 valence electrons. The zero-order valence-electron chi connectivity index (χ0n) is 9.09. The second-order valence-electron chi connectivity index (χ2n) is 3.52. The van der Waals surface area contributed by atoms with Crippen molar-refractivity contribution >= 4 is 34.8 Å². The lowest BCUT2D eigenvalue weighted by Gasteiger charge is -2.12. The SMILES string of the molecule is Fc1cccc(CCl)c1Oc1cccc(Cl)c1Cl. The minimum absolute atomic E-state index is 0.0664. The fourth-order valence-corrected chi connectivity index (χ4v) is 1.99. The van der Waals surface area contributed by atoms with Crippen molar-refractivity contribution in [2.24, 2.45) is 0 Å². The van der Waals surface area contributed by atoms with E-state index in [9.17, 15) is 4.39 Å². The molecule has 0 unspecified atom stereocenters. The molecule has 0 saturated heterocycles. The van der Waals surface area contributed by atoms with Crippen LogP contribution in [0.2, 0.25) is 10.0 Å². The molecule has 0 aliphatic carbocycles. The van der Waals surface area contributed by atoms with Crippen LogP contribution in [0.5, 0.6) is 11.5 Å². The van der Waals surface area contributed by atoms with Crippen molar-refractivity contribution in [3.8, 4) is 11.5 Å². The van der Waals surface area contributed by atoms with Crippen molar-refractivity contribution in [2.75, 3.05) is 0 Å². The first-order valence-electron chi connectivity index (χ1n) is 5.08. The quantitative estimate of drug-likeness (QED) is 0.664. The Balaban J connectivity index is 2.43. The van der Waals surface area contributed by atoms with Gasteiger partial charge in [-0.2, -0.15) is 0 Å². The summed E-state index contributed by atoms with van der Waals surface area (Å²) >= 11 is 17.6. The van der Waals surface area contributed by atoms with E-state index < -0.39 is 5.82 Å². The Morgan fingerprint density at radius 3 is 2.50 bits per heavy atom. The summed E-state index contributed by atoms with van der Waals surface area (Å²) in [6.07, 6.45) is 0. The molecule has 0 amide bonds. The smallest absolute Gasteiger partial charge is 0.167 e. The summed E-state index contributed by atoms with van der Waals surface area (Å²) in [4.78, 5) is 0. The lowest BCUT2D eigenvalue weighted by atomic mass is 10.2. The minimum Gasteiger partial charge on any atom is -0.452 e. The molecule has 0 heterocycles. The average Bonchev–Trinajstić information content (AvgIpc) is 2.37. The van der Waals surface area contributed by atoms with E-state index >= 15 is 0 Å². The summed E-state index contributed by atoms with van der Waals surface area (Å²) < 4.78 is 19.2. The van der Waals surface area contributed by atoms with E-state index in [-0.39, 0.29) is 16.7 Å². The Labute approximate surface area is 119 Å². The number of alkyl halides is 1. The standard InChI is InChI=1S/C13H8Cl3FO/c14-7-8-3-1-5-10(17)13(8)18-11-6-2-4-9(15)12(11)16/h1-6H,7H2. The first-order valence-corrected chi connectivity index (χ1v) is 6.37. The first kappa shape index (κ1) is 13.5. The van der Waals surface area contributed by atoms with Crippen molar-refractivity contribution in [1.29, 1.82) is 0 Å². The minimum atomic E-state index is -0.496. The molecule has 1 nitrogen and oxygen atoms in total. The molecular weight excluding hydrogens is 297 g/mol. The van der Waals surface area contributed by atoms with Gasteiger partial charge in [-0.25, -0.2) is 4.39 Å². The van der Waals surface area contributed by atoms with Crippen LogP contribution in [-0.2, 0) is 5.88 Å². The van der Waals surface area contributed by atoms with Gasteiger partial charge in [-0.05, 0) is 18.2 Å². The highest BCUT2D eigenvalue weighted by atomic mass is 35.5. The number of benzene rings is 2. The second-order valence-corrected chi connectivity index (χ2v) is 4.57. The van der Waals surface area contributed by atoms with Gasteiger partial charge in [0.1, 0.15) is 10.8 Å². The number of halogens is 4. The molecule has 5 heteroatoms. The molecular formula is C13H8Cl3FO. The van der Waals surface area contributed by atoms with Gasteiger partial charge < -0.3 is 4.74 Å². The van der Waals surface area contributed by atoms with E-state index in [1.54, 1.807) is 30.3 Å². The third-order valence-corrected chi connectivity index (χ3v) is 3.41. The summed E-state index contributed by atoms with van der Waals surface area (Å²) in [5, 5.41) is 0.584. The first-order chi connectivity index (χ1) is 8.63. The highest BCUT2D eigenvalue weighted by Gasteiger charge is 2.13. The maximum absolute atomic E-state index is 13.7. The summed E-state index contributed by atoms with van der Waals surface area (Å²) in [5.74, 6) is 0.00662. The topological polar surface area (TPSA) is 9.23 Å². The molecule has 2 aromatic carbocycles. The van der Waals surface area contributed by atoms with Crippen molar-refractivity contribution in [2.45, 2.75) is 5.88 Å². The van der Waals surface area contributed by atoms with Gasteiger partial charge in [0.05, 0.1) is 10.9 Å². The molecule has 0 bridgehead atoms. The number of para-hydroxylation sites is 1. The lowest BCUT2D eigenvalue weighted by molar-refractivity contribution is 0.438. The Morgan fingerprint density at radius 1 is 1.06 bits per heavy atom. The summed E-state index contributed by atoms with van der Waals surface area (Å²) in [5.41, 5.74) is 0.549. The van der Waals surface area contributed by atoms with Crippen molar-refractivity contribution in [3.63, 3.8) is 0 Å². The Hall–Kier alpha value is -0.960. The van der Waals surface area contributed by atoms with Crippen molar-refractivity contribution in [1.82, 2.24) is 0 Å². The van der Waals surface area contributed by atoms with Gasteiger partial charge in [-0.3, -0.25) is 0 Å². The molecule has 18 heavy (non-hydrogen) atoms. The van der Waals surface area contributed by atoms with Crippen LogP contribution >= 0.6 is 34.8 Å². The molecule has 2 rings (SSSR count). The summed E-state index contributed by atoms with van der Waals surface area (Å²) in [6, 6.07) is 9.46. The van der Waals surface area contributed by atoms with E-state index in [1.807, 2.05) is 0 Å². The molecule has 0 spiro atoms. The van der Waals surface area contributed by atoms with Crippen molar-refractivity contribution < 1.29 is 9.13 Å². The summed E-state index contributed by atoms with van der Waals surface area (Å²) in [6.45, 7) is 0. The number of hydrogen-bond donors (Lipinski definition) is 0. The molecule has 0 radical (unpaired) electrons. The van der Waals surface area contributed by atoms with Gasteiger partial charge >= 0.3 is 0 Å². The molecule has 0 aliphatic heterocycles. The maximum Gasteiger partial charge on any atom is 0.167 e. The van der Waals surface area contributed by atoms with E-state index in [0.29, 0.717) is 16.3 Å². The Kier molecular flexibility index (Phi) is 4.33. The zero-order valence-corrected chi connectivity index (χ0v) is 11.4. The van der Waals surface area contributed by atoms with Crippen LogP contribution in [0.1, 0.15) is 5.56 Å². The van der Waals surface area contributed by atoms with Crippen LogP contribution in [-0.4, -0.2) is 0 Å². The van der Waals surface area contributed by atoms with Gasteiger partial charge in [0, 0.05) is 5.56 Å². The molecule has 0 aliphatic rings. The Morgan fingerprint density at radius 2 is 1.78 bits per heavy atom. The van der Waals surface area contributed by atoms with E-state index in [2.05, 4.69) is 0 Å². The van der Waals surface area contributed by atoms with Gasteiger partial charge in [-0.15, -0.1) is 11.6 Å². The largest absolute Gasteiger partial charge is 0.452 e. The molecule has 0 atom stereocenters. The van der Waals surface area contributed by atoms with Gasteiger partial charge in [-0.1, -0.05) is 41.4 Å². The lowest BCUT2D eigenvalue weighted by Crippen LogP contribution is -1.94. The second kappa shape index (κ2) is 5.79. The third-order valence-electron chi connectivity index (χ3n) is 2.32. The van der Waals surface area contributed by atoms with E-state index in [4.69, 9.17) is 39.5 Å². The zero-order chi connectivity index (χ0) is 13.1. The van der Waals surface area contributed by atoms with E-state index in [1.165, 1.54) is 6.07 Å². The summed E-state index contributed by atoms with van der Waals surface area (Å²) in [7, 11) is 0. The predicted molar refractivity (Wildman–Crippen MR) is 72.5 cm³/mol. The van der Waals surface area contributed by atoms with Crippen LogP contribution in [0, 0.1) is 5.82 Å². The highest BCUT2D eigenvalue weighted by Crippen LogP contribution is 2.37. The van der Waals surface area contributed by atoms with Crippen LogP contribution in [0.25, 0.3) is 0 Å². The highest BCUT2D eigenvalue weighted by molar-refractivity contribution is 6.42. The average molecular weight is 306 g/mol. The van der Waals surface area contributed by atoms with Gasteiger partial charge in [0.2, 0.25) is 0 Å². The number of ether oxygens (including phenoxy) is 1. The van der Waals surface area contributed by atoms with Crippen molar-refractivity contribution in [3.05, 3.63) is 57.8 Å². The molecule has 0 saturated carbocycles. The number of hydrogen-bond acceptors (Lipinski definition) is 1.